The predicted octanol–water partition coefficient (Wildman–Crippen LogP) is 3.67. The normalized spacial score (nSPS) is 10.6. The van der Waals surface area contributed by atoms with Gasteiger partial charge in [-0.05, 0) is 12.5 Å². The number of nitro benzene ring substituents is 1. The summed E-state index contributed by atoms with van der Waals surface area (Å²) in [6, 6.07) is 4.08. The first-order chi connectivity index (χ1) is 10.5. The van der Waals surface area contributed by atoms with E-state index in [0.29, 0.717) is 22.0 Å². The van der Waals surface area contributed by atoms with Gasteiger partial charge in [0.25, 0.3) is 10.9 Å². The Hall–Kier alpha value is -1.74. The molecule has 0 aliphatic heterocycles. The minimum absolute atomic E-state index is 0.0630. The van der Waals surface area contributed by atoms with Crippen molar-refractivity contribution in [2.24, 2.45) is 0 Å². The number of nitro groups is 1. The lowest BCUT2D eigenvalue weighted by molar-refractivity contribution is -0.384. The molecular formula is C13H12BrN3O4S. The number of hydrogen-bond donors (Lipinski definition) is 0. The van der Waals surface area contributed by atoms with Crippen LogP contribution in [0.4, 0.5) is 5.69 Å². The van der Waals surface area contributed by atoms with Crippen molar-refractivity contribution in [3.05, 3.63) is 44.2 Å². The van der Waals surface area contributed by atoms with Crippen LogP contribution in [-0.2, 0) is 6.42 Å². The van der Waals surface area contributed by atoms with Gasteiger partial charge in [0.2, 0.25) is 5.89 Å². The number of hydrogen-bond acceptors (Lipinski definition) is 7. The Labute approximate surface area is 138 Å². The van der Waals surface area contributed by atoms with Gasteiger partial charge in [-0.1, -0.05) is 34.6 Å². The van der Waals surface area contributed by atoms with E-state index in [-0.39, 0.29) is 22.8 Å². The molecule has 0 spiro atoms. The van der Waals surface area contributed by atoms with Gasteiger partial charge in [0.05, 0.1) is 10.7 Å². The second kappa shape index (κ2) is 7.50. The van der Waals surface area contributed by atoms with Crippen LogP contribution in [0.2, 0.25) is 0 Å². The largest absolute Gasteiger partial charge is 0.416 e. The summed E-state index contributed by atoms with van der Waals surface area (Å²) in [6.45, 7) is 2.00. The Morgan fingerprint density at radius 3 is 2.91 bits per heavy atom. The molecule has 0 bridgehead atoms. The van der Waals surface area contributed by atoms with Crippen molar-refractivity contribution < 1.29 is 14.1 Å². The summed E-state index contributed by atoms with van der Waals surface area (Å²) in [7, 11) is 0. The van der Waals surface area contributed by atoms with Gasteiger partial charge in [0.15, 0.2) is 5.78 Å². The highest BCUT2D eigenvalue weighted by atomic mass is 79.9. The molecule has 7 nitrogen and oxygen atoms in total. The number of carbonyl (C=O) groups excluding carboxylic acids is 1. The number of aryl methyl sites for hydroxylation is 1. The molecule has 0 N–H and O–H groups in total. The maximum absolute atomic E-state index is 12.2. The first-order valence-corrected chi connectivity index (χ1v) is 8.21. The Bertz CT molecular complexity index is 704. The molecule has 116 valence electrons. The van der Waals surface area contributed by atoms with Crippen molar-refractivity contribution >= 4 is 39.2 Å². The molecule has 0 unspecified atom stereocenters. The summed E-state index contributed by atoms with van der Waals surface area (Å²) >= 11 is 4.34. The Morgan fingerprint density at radius 2 is 2.23 bits per heavy atom. The van der Waals surface area contributed by atoms with Crippen LogP contribution in [0.3, 0.4) is 0 Å². The van der Waals surface area contributed by atoms with Gasteiger partial charge in [-0.2, -0.15) is 0 Å². The van der Waals surface area contributed by atoms with Crippen LogP contribution in [-0.4, -0.2) is 26.7 Å². The van der Waals surface area contributed by atoms with Crippen molar-refractivity contribution in [1.82, 2.24) is 10.2 Å². The number of halogens is 1. The molecule has 0 aliphatic rings. The lowest BCUT2D eigenvalue weighted by atomic mass is 10.1. The monoisotopic (exact) mass is 385 g/mol. The third-order valence-electron chi connectivity index (χ3n) is 2.70. The molecule has 0 amide bonds. The summed E-state index contributed by atoms with van der Waals surface area (Å²) in [5.74, 6) is 0.345. The van der Waals surface area contributed by atoms with Crippen LogP contribution in [0.25, 0.3) is 0 Å². The third-order valence-corrected chi connectivity index (χ3v) is 4.21. The fourth-order valence-corrected chi connectivity index (χ4v) is 2.79. The minimum atomic E-state index is -0.536. The van der Waals surface area contributed by atoms with Gasteiger partial charge in [-0.3, -0.25) is 14.9 Å². The molecule has 0 saturated heterocycles. The number of carbonyl (C=O) groups is 1. The molecule has 1 heterocycles. The molecule has 22 heavy (non-hydrogen) atoms. The van der Waals surface area contributed by atoms with E-state index in [1.165, 1.54) is 18.2 Å². The fraction of sp³-hybridized carbons (Fsp3) is 0.308. The Kier molecular flexibility index (Phi) is 5.67. The molecule has 9 heteroatoms. The van der Waals surface area contributed by atoms with Crippen LogP contribution in [0.5, 0.6) is 0 Å². The number of benzene rings is 1. The average Bonchev–Trinajstić information content (AvgIpc) is 2.93. The van der Waals surface area contributed by atoms with Gasteiger partial charge in [-0.15, -0.1) is 10.2 Å². The van der Waals surface area contributed by atoms with Gasteiger partial charge in [0.1, 0.15) is 0 Å². The van der Waals surface area contributed by atoms with Crippen molar-refractivity contribution in [2.75, 3.05) is 5.75 Å². The summed E-state index contributed by atoms with van der Waals surface area (Å²) in [4.78, 5) is 22.4. The van der Waals surface area contributed by atoms with E-state index in [4.69, 9.17) is 4.42 Å². The van der Waals surface area contributed by atoms with E-state index in [1.807, 2.05) is 6.92 Å². The smallest absolute Gasteiger partial charge is 0.277 e. The molecule has 0 radical (unpaired) electrons. The van der Waals surface area contributed by atoms with Gasteiger partial charge >= 0.3 is 0 Å². The molecule has 1 aromatic carbocycles. The van der Waals surface area contributed by atoms with E-state index in [0.717, 1.165) is 18.2 Å². The highest BCUT2D eigenvalue weighted by molar-refractivity contribution is 9.10. The van der Waals surface area contributed by atoms with E-state index >= 15 is 0 Å². The maximum atomic E-state index is 12.2. The van der Waals surface area contributed by atoms with Gasteiger partial charge in [-0.25, -0.2) is 0 Å². The van der Waals surface area contributed by atoms with E-state index < -0.39 is 4.92 Å². The molecule has 2 rings (SSSR count). The molecule has 0 fully saturated rings. The number of rotatable bonds is 7. The maximum Gasteiger partial charge on any atom is 0.277 e. The standard InChI is InChI=1S/C13H12BrN3O4S/c1-2-3-12-15-16-13(21-12)22-7-11(18)9-6-8(17(19)20)4-5-10(9)14/h4-6H,2-3,7H2,1H3. The van der Waals surface area contributed by atoms with Crippen LogP contribution in [0.15, 0.2) is 32.3 Å². The van der Waals surface area contributed by atoms with Crippen LogP contribution in [0, 0.1) is 10.1 Å². The SMILES string of the molecule is CCCc1nnc(SCC(=O)c2cc([N+](=O)[O-])ccc2Br)o1. The molecule has 1 aromatic heterocycles. The quantitative estimate of drug-likeness (QED) is 0.310. The second-order valence-corrected chi connectivity index (χ2v) is 6.13. The van der Waals surface area contributed by atoms with Crippen LogP contribution in [0.1, 0.15) is 29.6 Å². The van der Waals surface area contributed by atoms with Crippen molar-refractivity contribution in [3.63, 3.8) is 0 Å². The van der Waals surface area contributed by atoms with Crippen molar-refractivity contribution in [1.29, 1.82) is 0 Å². The molecule has 0 saturated carbocycles. The summed E-state index contributed by atoms with van der Waals surface area (Å²) in [5, 5.41) is 18.8. The van der Waals surface area contributed by atoms with Crippen molar-refractivity contribution in [3.8, 4) is 0 Å². The number of thioether (sulfide) groups is 1. The third kappa shape index (κ3) is 4.14. The molecule has 0 aliphatic carbocycles. The van der Waals surface area contributed by atoms with Crippen molar-refractivity contribution in [2.45, 2.75) is 25.0 Å². The zero-order valence-corrected chi connectivity index (χ0v) is 14.0. The minimum Gasteiger partial charge on any atom is -0.416 e. The second-order valence-electron chi connectivity index (χ2n) is 4.34. The van der Waals surface area contributed by atoms with Crippen LogP contribution >= 0.6 is 27.7 Å². The fourth-order valence-electron chi connectivity index (χ4n) is 1.66. The predicted molar refractivity (Wildman–Crippen MR) is 84.1 cm³/mol. The van der Waals surface area contributed by atoms with Gasteiger partial charge in [0, 0.05) is 28.6 Å². The number of ketones is 1. The number of nitrogens with zero attached hydrogens (tertiary/aromatic N) is 3. The average molecular weight is 386 g/mol. The molecule has 0 atom stereocenters. The zero-order chi connectivity index (χ0) is 16.1. The molecule has 2 aromatic rings. The van der Waals surface area contributed by atoms with E-state index in [1.54, 1.807) is 0 Å². The summed E-state index contributed by atoms with van der Waals surface area (Å²) < 4.78 is 5.89. The van der Waals surface area contributed by atoms with E-state index in [9.17, 15) is 14.9 Å². The number of Topliss-reactive ketones (excluding diaryl/α,β-unsaturated/α-hetero) is 1. The lowest BCUT2D eigenvalue weighted by Crippen LogP contribution is -2.04. The van der Waals surface area contributed by atoms with Gasteiger partial charge < -0.3 is 4.42 Å². The zero-order valence-electron chi connectivity index (χ0n) is 11.6. The first-order valence-electron chi connectivity index (χ1n) is 6.43. The summed E-state index contributed by atoms with van der Waals surface area (Å²) in [5.41, 5.74) is 0.134. The number of non-ortho nitro benzene ring substituents is 1. The highest BCUT2D eigenvalue weighted by Crippen LogP contribution is 2.25. The Balaban J connectivity index is 2.05. The Morgan fingerprint density at radius 1 is 1.45 bits per heavy atom. The highest BCUT2D eigenvalue weighted by Gasteiger charge is 2.17. The molecular weight excluding hydrogens is 374 g/mol. The van der Waals surface area contributed by atoms with Crippen LogP contribution < -0.4 is 0 Å². The number of aromatic nitrogens is 2. The van der Waals surface area contributed by atoms with E-state index in [2.05, 4.69) is 26.1 Å². The topological polar surface area (TPSA) is 99.1 Å². The summed E-state index contributed by atoms with van der Waals surface area (Å²) in [6.07, 6.45) is 1.59. The first kappa shape index (κ1) is 16.6. The lowest BCUT2D eigenvalue weighted by Gasteiger charge is -2.02.